The largest absolute Gasteiger partial charge is 0.464 e. The Balaban J connectivity index is 2.91. The Kier molecular flexibility index (Phi) is 3.15. The number of esters is 1. The van der Waals surface area contributed by atoms with E-state index in [1.165, 1.54) is 0 Å². The molecule has 0 aliphatic carbocycles. The van der Waals surface area contributed by atoms with E-state index < -0.39 is 11.5 Å². The molecule has 0 radical (unpaired) electrons. The van der Waals surface area contributed by atoms with Crippen molar-refractivity contribution in [1.29, 1.82) is 0 Å². The van der Waals surface area contributed by atoms with Gasteiger partial charge in [0.05, 0.1) is 6.61 Å². The van der Waals surface area contributed by atoms with Gasteiger partial charge in [0.2, 0.25) is 5.91 Å². The van der Waals surface area contributed by atoms with Crippen molar-refractivity contribution in [2.45, 2.75) is 25.3 Å². The topological polar surface area (TPSA) is 55.4 Å². The summed E-state index contributed by atoms with van der Waals surface area (Å²) in [6.45, 7) is 5.53. The summed E-state index contributed by atoms with van der Waals surface area (Å²) < 4.78 is 4.89. The molecule has 1 fully saturated rings. The van der Waals surface area contributed by atoms with Crippen LogP contribution in [0.25, 0.3) is 0 Å². The highest BCUT2D eigenvalue weighted by Gasteiger charge is 2.47. The molecule has 4 nitrogen and oxygen atoms in total. The maximum Gasteiger partial charge on any atom is 0.333 e. The second-order valence-corrected chi connectivity index (χ2v) is 3.42. The summed E-state index contributed by atoms with van der Waals surface area (Å²) in [5, 5.41) is 2.55. The van der Waals surface area contributed by atoms with Crippen LogP contribution in [0.2, 0.25) is 0 Å². The molecule has 0 aromatic heterocycles. The second-order valence-electron chi connectivity index (χ2n) is 3.42. The van der Waals surface area contributed by atoms with Crippen LogP contribution in [0.15, 0.2) is 12.2 Å². The van der Waals surface area contributed by atoms with Gasteiger partial charge in [-0.3, -0.25) is 4.79 Å². The summed E-state index contributed by atoms with van der Waals surface area (Å²) in [6.07, 6.45) is 5.52. The fraction of sp³-hybridized carbons (Fsp3) is 0.455. The van der Waals surface area contributed by atoms with Crippen LogP contribution < -0.4 is 5.32 Å². The predicted molar refractivity (Wildman–Crippen MR) is 54.7 cm³/mol. The number of carbonyl (C=O) groups is 2. The van der Waals surface area contributed by atoms with Gasteiger partial charge in [-0.25, -0.2) is 4.79 Å². The average Bonchev–Trinajstić information content (AvgIpc) is 2.45. The minimum Gasteiger partial charge on any atom is -0.464 e. The van der Waals surface area contributed by atoms with Crippen LogP contribution in [0, 0.1) is 12.3 Å². The smallest absolute Gasteiger partial charge is 0.333 e. The van der Waals surface area contributed by atoms with E-state index in [1.54, 1.807) is 6.92 Å². The monoisotopic (exact) mass is 207 g/mol. The number of carbonyl (C=O) groups excluding carboxylic acids is 2. The van der Waals surface area contributed by atoms with Gasteiger partial charge in [0.1, 0.15) is 0 Å². The lowest BCUT2D eigenvalue weighted by atomic mass is 9.92. The Hall–Kier alpha value is -1.76. The molecule has 80 valence electrons. The van der Waals surface area contributed by atoms with Gasteiger partial charge in [0.15, 0.2) is 5.54 Å². The summed E-state index contributed by atoms with van der Waals surface area (Å²) in [4.78, 5) is 23.0. The van der Waals surface area contributed by atoms with Crippen molar-refractivity contribution in [1.82, 2.24) is 5.32 Å². The van der Waals surface area contributed by atoms with E-state index in [0.717, 1.165) is 0 Å². The molecule has 0 spiro atoms. The van der Waals surface area contributed by atoms with Crippen LogP contribution in [0.5, 0.6) is 0 Å². The lowest BCUT2D eigenvalue weighted by Gasteiger charge is -2.23. The highest BCUT2D eigenvalue weighted by molar-refractivity contribution is 6.02. The highest BCUT2D eigenvalue weighted by Crippen LogP contribution is 2.28. The first-order valence-electron chi connectivity index (χ1n) is 4.66. The molecule has 1 unspecified atom stereocenters. The molecule has 1 aliphatic heterocycles. The van der Waals surface area contributed by atoms with Crippen LogP contribution in [0.3, 0.4) is 0 Å². The highest BCUT2D eigenvalue weighted by atomic mass is 16.5. The molecule has 0 saturated carbocycles. The number of amides is 1. The van der Waals surface area contributed by atoms with Crippen LogP contribution in [-0.4, -0.2) is 24.0 Å². The Morgan fingerprint density at radius 2 is 2.47 bits per heavy atom. The van der Waals surface area contributed by atoms with Gasteiger partial charge in [-0.05, 0) is 6.92 Å². The first-order chi connectivity index (χ1) is 7.05. The predicted octanol–water partition coefficient (Wildman–Crippen LogP) is 0.388. The molecular formula is C11H13NO3. The summed E-state index contributed by atoms with van der Waals surface area (Å²) in [6, 6.07) is 0. The Morgan fingerprint density at radius 1 is 1.80 bits per heavy atom. The first kappa shape index (κ1) is 11.3. The molecule has 1 rings (SSSR count). The molecule has 1 N–H and O–H groups in total. The van der Waals surface area contributed by atoms with E-state index in [1.807, 2.05) is 0 Å². The van der Waals surface area contributed by atoms with Gasteiger partial charge in [0, 0.05) is 18.4 Å². The van der Waals surface area contributed by atoms with E-state index in [-0.39, 0.29) is 25.4 Å². The molecule has 1 saturated heterocycles. The van der Waals surface area contributed by atoms with E-state index in [0.29, 0.717) is 5.57 Å². The van der Waals surface area contributed by atoms with Crippen molar-refractivity contribution < 1.29 is 14.3 Å². The van der Waals surface area contributed by atoms with E-state index in [9.17, 15) is 9.59 Å². The zero-order valence-corrected chi connectivity index (χ0v) is 8.63. The Labute approximate surface area is 88.7 Å². The summed E-state index contributed by atoms with van der Waals surface area (Å²) in [5.74, 6) is 1.55. The lowest BCUT2D eigenvalue weighted by Crippen LogP contribution is -2.49. The van der Waals surface area contributed by atoms with Crippen molar-refractivity contribution in [3.8, 4) is 12.3 Å². The number of nitrogens with one attached hydrogen (secondary N) is 1. The summed E-state index contributed by atoms with van der Waals surface area (Å²) in [5.41, 5.74) is -0.739. The molecule has 0 aromatic carbocycles. The number of hydrogen-bond acceptors (Lipinski definition) is 3. The molecule has 1 atom stereocenters. The minimum absolute atomic E-state index is 0.122. The molecule has 15 heavy (non-hydrogen) atoms. The van der Waals surface area contributed by atoms with Crippen LogP contribution in [0.1, 0.15) is 19.8 Å². The van der Waals surface area contributed by atoms with Crippen molar-refractivity contribution in [3.05, 3.63) is 12.2 Å². The molecule has 1 heterocycles. The molecule has 0 aromatic rings. The Bertz CT molecular complexity index is 335. The standard InChI is InChI=1S/C11H13NO3/c1-4-6-11(10(14)15-5-2)7-8(3)9(13)12-11/h1H,3,5-7H2,2H3,(H,12,13). The normalized spacial score (nSPS) is 24.5. The van der Waals surface area contributed by atoms with Gasteiger partial charge < -0.3 is 10.1 Å². The zero-order valence-electron chi connectivity index (χ0n) is 8.63. The van der Waals surface area contributed by atoms with E-state index in [2.05, 4.69) is 17.8 Å². The maximum absolute atomic E-state index is 11.7. The van der Waals surface area contributed by atoms with Crippen molar-refractivity contribution in [2.75, 3.05) is 6.61 Å². The lowest BCUT2D eigenvalue weighted by molar-refractivity contribution is -0.151. The van der Waals surface area contributed by atoms with Gasteiger partial charge >= 0.3 is 5.97 Å². The molecule has 0 bridgehead atoms. The third-order valence-electron chi connectivity index (χ3n) is 2.26. The second kappa shape index (κ2) is 4.18. The van der Waals surface area contributed by atoms with Crippen molar-refractivity contribution in [3.63, 3.8) is 0 Å². The quantitative estimate of drug-likeness (QED) is 0.413. The number of ether oxygens (including phenoxy) is 1. The molecular weight excluding hydrogens is 194 g/mol. The van der Waals surface area contributed by atoms with Gasteiger partial charge in [-0.2, -0.15) is 0 Å². The van der Waals surface area contributed by atoms with Gasteiger partial charge in [0.25, 0.3) is 0 Å². The van der Waals surface area contributed by atoms with Gasteiger partial charge in [-0.15, -0.1) is 12.3 Å². The molecule has 4 heteroatoms. The zero-order chi connectivity index (χ0) is 11.5. The molecule has 1 amide bonds. The third kappa shape index (κ3) is 2.01. The molecule has 1 aliphatic rings. The maximum atomic E-state index is 11.7. The van der Waals surface area contributed by atoms with E-state index in [4.69, 9.17) is 11.2 Å². The fourth-order valence-electron chi connectivity index (χ4n) is 1.54. The van der Waals surface area contributed by atoms with Gasteiger partial charge in [-0.1, -0.05) is 6.58 Å². The Morgan fingerprint density at radius 3 is 2.87 bits per heavy atom. The third-order valence-corrected chi connectivity index (χ3v) is 2.26. The van der Waals surface area contributed by atoms with Crippen LogP contribution in [-0.2, 0) is 14.3 Å². The SMILES string of the molecule is C#CCC1(C(=O)OCC)CC(=C)C(=O)N1. The summed E-state index contributed by atoms with van der Waals surface area (Å²) in [7, 11) is 0. The van der Waals surface area contributed by atoms with Crippen molar-refractivity contribution >= 4 is 11.9 Å². The number of rotatable bonds is 3. The number of terminal acetylenes is 1. The van der Waals surface area contributed by atoms with E-state index >= 15 is 0 Å². The summed E-state index contributed by atoms with van der Waals surface area (Å²) >= 11 is 0. The minimum atomic E-state index is -1.10. The van der Waals surface area contributed by atoms with Crippen LogP contribution >= 0.6 is 0 Å². The fourth-order valence-corrected chi connectivity index (χ4v) is 1.54. The van der Waals surface area contributed by atoms with Crippen LogP contribution in [0.4, 0.5) is 0 Å². The number of hydrogen-bond donors (Lipinski definition) is 1. The van der Waals surface area contributed by atoms with Crippen molar-refractivity contribution in [2.24, 2.45) is 0 Å². The average molecular weight is 207 g/mol. The first-order valence-corrected chi connectivity index (χ1v) is 4.66.